The van der Waals surface area contributed by atoms with Gasteiger partial charge in [0.2, 0.25) is 0 Å². The molecule has 0 saturated carbocycles. The molecule has 4 nitrogen and oxygen atoms in total. The van der Waals surface area contributed by atoms with Crippen LogP contribution in [0.5, 0.6) is 0 Å². The Balaban J connectivity index is 1.58. The summed E-state index contributed by atoms with van der Waals surface area (Å²) in [5.41, 5.74) is 2.70. The first kappa shape index (κ1) is 15.3. The number of anilines is 1. The van der Waals surface area contributed by atoms with E-state index in [9.17, 15) is 5.26 Å². The van der Waals surface area contributed by atoms with Crippen LogP contribution in [0, 0.1) is 11.3 Å². The molecule has 1 N–H and O–H groups in total. The third kappa shape index (κ3) is 3.05. The molecule has 0 atom stereocenters. The SMILES string of the molecule is N#C/C(=C/Nc1nc2c(s1)CCCCC2)c1nc2ccccc2s1. The van der Waals surface area contributed by atoms with Crippen molar-refractivity contribution in [3.8, 4) is 6.07 Å². The number of benzene rings is 1. The lowest BCUT2D eigenvalue weighted by Gasteiger charge is -1.96. The highest BCUT2D eigenvalue weighted by molar-refractivity contribution is 7.19. The number of fused-ring (bicyclic) bond motifs is 2. The maximum Gasteiger partial charge on any atom is 0.187 e. The molecule has 2 aromatic heterocycles. The molecular weight excluding hydrogens is 336 g/mol. The number of allylic oxidation sites excluding steroid dienone is 1. The Bertz CT molecular complexity index is 889. The molecule has 0 bridgehead atoms. The second kappa shape index (κ2) is 6.71. The molecule has 6 heteroatoms. The zero-order valence-corrected chi connectivity index (χ0v) is 14.7. The van der Waals surface area contributed by atoms with Crippen molar-refractivity contribution in [3.05, 3.63) is 46.0 Å². The van der Waals surface area contributed by atoms with Gasteiger partial charge in [-0.15, -0.1) is 22.7 Å². The molecule has 1 aromatic carbocycles. The number of aromatic nitrogens is 2. The van der Waals surface area contributed by atoms with Crippen LogP contribution in [0.15, 0.2) is 30.5 Å². The Labute approximate surface area is 148 Å². The van der Waals surface area contributed by atoms with Crippen LogP contribution >= 0.6 is 22.7 Å². The first-order chi connectivity index (χ1) is 11.8. The number of rotatable bonds is 3. The van der Waals surface area contributed by atoms with Crippen LogP contribution in [-0.2, 0) is 12.8 Å². The highest BCUT2D eigenvalue weighted by Gasteiger charge is 2.14. The minimum atomic E-state index is 0.543. The van der Waals surface area contributed by atoms with Crippen LogP contribution in [0.3, 0.4) is 0 Å². The Morgan fingerprint density at radius 3 is 2.88 bits per heavy atom. The molecule has 0 radical (unpaired) electrons. The summed E-state index contributed by atoms with van der Waals surface area (Å²) in [6, 6.07) is 10.2. The van der Waals surface area contributed by atoms with Gasteiger partial charge in [0.15, 0.2) is 5.13 Å². The van der Waals surface area contributed by atoms with E-state index in [1.165, 1.54) is 41.2 Å². The van der Waals surface area contributed by atoms with Gasteiger partial charge in [-0.1, -0.05) is 18.6 Å². The third-order valence-corrected chi connectivity index (χ3v) is 6.24. The van der Waals surface area contributed by atoms with Gasteiger partial charge in [0.05, 0.1) is 15.9 Å². The quantitative estimate of drug-likeness (QED) is 0.532. The molecule has 0 saturated heterocycles. The monoisotopic (exact) mass is 352 g/mol. The minimum absolute atomic E-state index is 0.543. The Kier molecular flexibility index (Phi) is 4.28. The van der Waals surface area contributed by atoms with Crippen LogP contribution < -0.4 is 5.32 Å². The normalized spacial score (nSPS) is 14.9. The lowest BCUT2D eigenvalue weighted by molar-refractivity contribution is 0.709. The fourth-order valence-corrected chi connectivity index (χ4v) is 4.80. The lowest BCUT2D eigenvalue weighted by Crippen LogP contribution is -1.91. The van der Waals surface area contributed by atoms with Crippen molar-refractivity contribution in [2.75, 3.05) is 5.32 Å². The second-order valence-electron chi connectivity index (χ2n) is 5.75. The maximum atomic E-state index is 9.47. The molecule has 0 unspecified atom stereocenters. The number of nitrogens with one attached hydrogen (secondary N) is 1. The Hall–Kier alpha value is -2.23. The van der Waals surface area contributed by atoms with Gasteiger partial charge in [0.25, 0.3) is 0 Å². The van der Waals surface area contributed by atoms with Gasteiger partial charge in [0.1, 0.15) is 16.6 Å². The van der Waals surface area contributed by atoms with E-state index in [1.807, 2.05) is 24.3 Å². The summed E-state index contributed by atoms with van der Waals surface area (Å²) < 4.78 is 1.09. The number of hydrogen-bond donors (Lipinski definition) is 1. The second-order valence-corrected chi connectivity index (χ2v) is 7.86. The largest absolute Gasteiger partial charge is 0.337 e. The van der Waals surface area contributed by atoms with E-state index in [4.69, 9.17) is 0 Å². The Morgan fingerprint density at radius 2 is 2.00 bits per heavy atom. The number of para-hydroxylation sites is 1. The summed E-state index contributed by atoms with van der Waals surface area (Å²) in [5, 5.41) is 14.3. The molecule has 24 heavy (non-hydrogen) atoms. The molecule has 0 fully saturated rings. The van der Waals surface area contributed by atoms with E-state index in [1.54, 1.807) is 17.5 Å². The first-order valence-electron chi connectivity index (χ1n) is 8.05. The number of nitriles is 1. The van der Waals surface area contributed by atoms with Crippen molar-refractivity contribution in [1.82, 2.24) is 9.97 Å². The third-order valence-electron chi connectivity index (χ3n) is 4.08. The predicted molar refractivity (Wildman–Crippen MR) is 100 cm³/mol. The van der Waals surface area contributed by atoms with Crippen molar-refractivity contribution in [1.29, 1.82) is 5.26 Å². The summed E-state index contributed by atoms with van der Waals surface area (Å²) >= 11 is 3.24. The Morgan fingerprint density at radius 1 is 1.12 bits per heavy atom. The van der Waals surface area contributed by atoms with E-state index in [2.05, 4.69) is 21.4 Å². The van der Waals surface area contributed by atoms with Gasteiger partial charge in [-0.2, -0.15) is 5.26 Å². The number of hydrogen-bond acceptors (Lipinski definition) is 6. The van der Waals surface area contributed by atoms with Gasteiger partial charge in [-0.25, -0.2) is 9.97 Å². The van der Waals surface area contributed by atoms with Crippen molar-refractivity contribution in [3.63, 3.8) is 0 Å². The lowest BCUT2D eigenvalue weighted by atomic mass is 10.2. The first-order valence-corrected chi connectivity index (χ1v) is 9.68. The smallest absolute Gasteiger partial charge is 0.187 e. The van der Waals surface area contributed by atoms with Crippen LogP contribution in [-0.4, -0.2) is 9.97 Å². The molecule has 2 heterocycles. The topological polar surface area (TPSA) is 61.6 Å². The summed E-state index contributed by atoms with van der Waals surface area (Å²) in [4.78, 5) is 10.6. The fraction of sp³-hybridized carbons (Fsp3) is 0.278. The average Bonchev–Trinajstić information content (AvgIpc) is 3.13. The van der Waals surface area contributed by atoms with E-state index >= 15 is 0 Å². The molecular formula is C18H16N4S2. The fourth-order valence-electron chi connectivity index (χ4n) is 2.85. The van der Waals surface area contributed by atoms with Crippen molar-refractivity contribution in [2.24, 2.45) is 0 Å². The number of nitrogens with zero attached hydrogens (tertiary/aromatic N) is 3. The number of aryl methyl sites for hydroxylation is 2. The van der Waals surface area contributed by atoms with Crippen LogP contribution in [0.4, 0.5) is 5.13 Å². The van der Waals surface area contributed by atoms with Crippen LogP contribution in [0.2, 0.25) is 0 Å². The zero-order valence-electron chi connectivity index (χ0n) is 13.1. The van der Waals surface area contributed by atoms with Gasteiger partial charge in [-0.3, -0.25) is 0 Å². The van der Waals surface area contributed by atoms with E-state index in [0.717, 1.165) is 33.2 Å². The molecule has 0 amide bonds. The molecule has 120 valence electrons. The van der Waals surface area contributed by atoms with Crippen LogP contribution in [0.25, 0.3) is 15.8 Å². The van der Waals surface area contributed by atoms with Crippen molar-refractivity contribution in [2.45, 2.75) is 32.1 Å². The van der Waals surface area contributed by atoms with E-state index < -0.39 is 0 Å². The summed E-state index contributed by atoms with van der Waals surface area (Å²) in [6.07, 6.45) is 7.69. The van der Waals surface area contributed by atoms with Crippen LogP contribution in [0.1, 0.15) is 34.8 Å². The highest BCUT2D eigenvalue weighted by Crippen LogP contribution is 2.30. The molecule has 3 aromatic rings. The summed E-state index contributed by atoms with van der Waals surface area (Å²) in [7, 11) is 0. The van der Waals surface area contributed by atoms with Gasteiger partial charge < -0.3 is 5.32 Å². The minimum Gasteiger partial charge on any atom is -0.337 e. The van der Waals surface area contributed by atoms with E-state index in [-0.39, 0.29) is 0 Å². The molecule has 4 rings (SSSR count). The maximum absolute atomic E-state index is 9.47. The van der Waals surface area contributed by atoms with Crippen molar-refractivity contribution < 1.29 is 0 Å². The van der Waals surface area contributed by atoms with Gasteiger partial charge in [-0.05, 0) is 37.8 Å². The standard InChI is InChI=1S/C18H16N4S2/c19-10-12(17-21-13-7-4-5-9-15(13)23-17)11-20-18-22-14-6-2-1-3-8-16(14)24-18/h4-5,7,9,11H,1-3,6,8H2,(H,20,22)/b12-11-. The number of thiazole rings is 2. The molecule has 0 aliphatic heterocycles. The van der Waals surface area contributed by atoms with Gasteiger partial charge >= 0.3 is 0 Å². The highest BCUT2D eigenvalue weighted by atomic mass is 32.1. The molecule has 1 aliphatic carbocycles. The molecule has 0 spiro atoms. The van der Waals surface area contributed by atoms with Gasteiger partial charge in [0, 0.05) is 11.1 Å². The zero-order chi connectivity index (χ0) is 16.4. The predicted octanol–water partition coefficient (Wildman–Crippen LogP) is 5.00. The van der Waals surface area contributed by atoms with E-state index in [0.29, 0.717) is 5.57 Å². The average molecular weight is 352 g/mol. The molecule has 1 aliphatic rings. The van der Waals surface area contributed by atoms with Crippen molar-refractivity contribution >= 4 is 43.6 Å². The summed E-state index contributed by atoms with van der Waals surface area (Å²) in [6.45, 7) is 0. The summed E-state index contributed by atoms with van der Waals surface area (Å²) in [5.74, 6) is 0.